The monoisotopic (exact) mass is 364 g/mol. The van der Waals surface area contributed by atoms with E-state index in [0.29, 0.717) is 45.3 Å². The van der Waals surface area contributed by atoms with Gasteiger partial charge in [-0.3, -0.25) is 9.59 Å². The van der Waals surface area contributed by atoms with Crippen LogP contribution in [-0.2, 0) is 9.59 Å². The van der Waals surface area contributed by atoms with Crippen molar-refractivity contribution in [2.45, 2.75) is 57.9 Å². The molecule has 1 aliphatic carbocycles. The van der Waals surface area contributed by atoms with Gasteiger partial charge in [-0.15, -0.1) is 0 Å². The van der Waals surface area contributed by atoms with Gasteiger partial charge >= 0.3 is 6.03 Å². The zero-order valence-electron chi connectivity index (χ0n) is 15.9. The summed E-state index contributed by atoms with van der Waals surface area (Å²) in [4.78, 5) is 42.1. The van der Waals surface area contributed by atoms with E-state index >= 15 is 0 Å². The first-order chi connectivity index (χ1) is 12.5. The van der Waals surface area contributed by atoms with Gasteiger partial charge in [0.15, 0.2) is 0 Å². The van der Waals surface area contributed by atoms with E-state index in [0.717, 1.165) is 25.7 Å². The minimum absolute atomic E-state index is 0.0117. The third kappa shape index (κ3) is 4.68. The Kier molecular flexibility index (Phi) is 6.38. The number of hydrogen-bond acceptors (Lipinski definition) is 3. The number of urea groups is 1. The minimum atomic E-state index is 0.0117. The molecule has 4 amide bonds. The highest BCUT2D eigenvalue weighted by atomic mass is 16.2. The number of hydrogen-bond donors (Lipinski definition) is 1. The SMILES string of the molecule is CC(=O)N1CCN(C(=O)C2CCN(C(=O)NC3CCCCC3)CC2)CC1. The van der Waals surface area contributed by atoms with E-state index in [9.17, 15) is 14.4 Å². The summed E-state index contributed by atoms with van der Waals surface area (Å²) in [6.45, 7) is 5.39. The Morgan fingerprint density at radius 1 is 0.731 bits per heavy atom. The maximum absolute atomic E-state index is 12.7. The molecule has 2 heterocycles. The lowest BCUT2D eigenvalue weighted by Crippen LogP contribution is -2.53. The summed E-state index contributed by atoms with van der Waals surface area (Å²) in [5.74, 6) is 0.285. The van der Waals surface area contributed by atoms with Crippen LogP contribution < -0.4 is 5.32 Å². The zero-order chi connectivity index (χ0) is 18.5. The summed E-state index contributed by atoms with van der Waals surface area (Å²) in [7, 11) is 0. The van der Waals surface area contributed by atoms with Crippen LogP contribution in [0.2, 0.25) is 0 Å². The number of carbonyl (C=O) groups excluding carboxylic acids is 3. The van der Waals surface area contributed by atoms with E-state index in [-0.39, 0.29) is 23.8 Å². The van der Waals surface area contributed by atoms with Crippen molar-refractivity contribution < 1.29 is 14.4 Å². The molecule has 2 saturated heterocycles. The number of piperazine rings is 1. The molecule has 2 aliphatic heterocycles. The van der Waals surface area contributed by atoms with Crippen molar-refractivity contribution >= 4 is 17.8 Å². The Morgan fingerprint density at radius 3 is 1.88 bits per heavy atom. The molecule has 0 bridgehead atoms. The van der Waals surface area contributed by atoms with Crippen molar-refractivity contribution in [3.05, 3.63) is 0 Å². The topological polar surface area (TPSA) is 73.0 Å². The number of piperidine rings is 1. The molecular formula is C19H32N4O3. The summed E-state index contributed by atoms with van der Waals surface area (Å²) in [6.07, 6.45) is 7.35. The van der Waals surface area contributed by atoms with Crippen molar-refractivity contribution in [3.63, 3.8) is 0 Å². The lowest BCUT2D eigenvalue weighted by Gasteiger charge is -2.38. The predicted octanol–water partition coefficient (Wildman–Crippen LogP) is 1.43. The van der Waals surface area contributed by atoms with Crippen LogP contribution >= 0.6 is 0 Å². The van der Waals surface area contributed by atoms with Gasteiger partial charge in [0.25, 0.3) is 0 Å². The van der Waals surface area contributed by atoms with Gasteiger partial charge in [0.05, 0.1) is 0 Å². The van der Waals surface area contributed by atoms with Crippen LogP contribution in [0.5, 0.6) is 0 Å². The van der Waals surface area contributed by atoms with Gasteiger partial charge in [-0.05, 0) is 25.7 Å². The molecule has 1 saturated carbocycles. The molecule has 0 spiro atoms. The third-order valence-corrected chi connectivity index (χ3v) is 6.10. The Hall–Kier alpha value is -1.79. The quantitative estimate of drug-likeness (QED) is 0.806. The predicted molar refractivity (Wildman–Crippen MR) is 98.5 cm³/mol. The maximum Gasteiger partial charge on any atom is 0.317 e. The number of likely N-dealkylation sites (tertiary alicyclic amines) is 1. The molecule has 3 rings (SSSR count). The van der Waals surface area contributed by atoms with Crippen molar-refractivity contribution in [1.82, 2.24) is 20.0 Å². The number of amides is 4. The van der Waals surface area contributed by atoms with Gasteiger partial charge in [-0.1, -0.05) is 19.3 Å². The van der Waals surface area contributed by atoms with Crippen LogP contribution in [0.15, 0.2) is 0 Å². The van der Waals surface area contributed by atoms with Gasteiger partial charge in [-0.2, -0.15) is 0 Å². The summed E-state index contributed by atoms with van der Waals surface area (Å²) in [5, 5.41) is 3.17. The van der Waals surface area contributed by atoms with E-state index in [1.165, 1.54) is 19.3 Å². The first-order valence-corrected chi connectivity index (χ1v) is 10.1. The number of nitrogens with one attached hydrogen (secondary N) is 1. The van der Waals surface area contributed by atoms with E-state index < -0.39 is 0 Å². The van der Waals surface area contributed by atoms with Crippen LogP contribution in [0, 0.1) is 5.92 Å². The molecule has 26 heavy (non-hydrogen) atoms. The fourth-order valence-corrected chi connectivity index (χ4v) is 4.34. The summed E-state index contributed by atoms with van der Waals surface area (Å²) >= 11 is 0. The minimum Gasteiger partial charge on any atom is -0.339 e. The van der Waals surface area contributed by atoms with Gasteiger partial charge in [0.2, 0.25) is 11.8 Å². The average Bonchev–Trinajstić information content (AvgIpc) is 2.68. The Morgan fingerprint density at radius 2 is 1.31 bits per heavy atom. The zero-order valence-corrected chi connectivity index (χ0v) is 15.9. The highest BCUT2D eigenvalue weighted by Gasteiger charge is 2.32. The lowest BCUT2D eigenvalue weighted by molar-refractivity contribution is -0.142. The molecule has 3 fully saturated rings. The fraction of sp³-hybridized carbons (Fsp3) is 0.842. The molecule has 0 aromatic heterocycles. The van der Waals surface area contributed by atoms with Crippen LogP contribution in [0.3, 0.4) is 0 Å². The largest absolute Gasteiger partial charge is 0.339 e. The van der Waals surface area contributed by atoms with E-state index in [1.54, 1.807) is 11.8 Å². The van der Waals surface area contributed by atoms with Gasteiger partial charge in [-0.25, -0.2) is 4.79 Å². The van der Waals surface area contributed by atoms with Crippen LogP contribution in [0.1, 0.15) is 51.9 Å². The molecule has 1 N–H and O–H groups in total. The average molecular weight is 364 g/mol. The van der Waals surface area contributed by atoms with Gasteiger partial charge in [0.1, 0.15) is 0 Å². The van der Waals surface area contributed by atoms with E-state index in [1.807, 2.05) is 9.80 Å². The second kappa shape index (κ2) is 8.73. The van der Waals surface area contributed by atoms with Crippen LogP contribution in [-0.4, -0.2) is 77.9 Å². The number of nitrogens with zero attached hydrogens (tertiary/aromatic N) is 3. The molecule has 0 aromatic carbocycles. The molecule has 3 aliphatic rings. The number of carbonyl (C=O) groups is 3. The fourth-order valence-electron chi connectivity index (χ4n) is 4.34. The van der Waals surface area contributed by atoms with E-state index in [2.05, 4.69) is 5.32 Å². The normalized spacial score (nSPS) is 23.0. The number of rotatable bonds is 2. The Balaban J connectivity index is 1.41. The lowest BCUT2D eigenvalue weighted by atomic mass is 9.94. The summed E-state index contributed by atoms with van der Waals surface area (Å²) in [6, 6.07) is 0.367. The first-order valence-electron chi connectivity index (χ1n) is 10.1. The van der Waals surface area contributed by atoms with Gasteiger partial charge < -0.3 is 20.0 Å². The highest BCUT2D eigenvalue weighted by Crippen LogP contribution is 2.22. The molecule has 0 unspecified atom stereocenters. The van der Waals surface area contributed by atoms with Gasteiger partial charge in [0, 0.05) is 58.2 Å². The second-order valence-electron chi connectivity index (χ2n) is 7.88. The highest BCUT2D eigenvalue weighted by molar-refractivity contribution is 5.80. The molecule has 146 valence electrons. The van der Waals surface area contributed by atoms with Crippen molar-refractivity contribution in [3.8, 4) is 0 Å². The molecule has 0 atom stereocenters. The summed E-state index contributed by atoms with van der Waals surface area (Å²) in [5.41, 5.74) is 0. The first kappa shape index (κ1) is 19.0. The van der Waals surface area contributed by atoms with Crippen molar-refractivity contribution in [2.24, 2.45) is 5.92 Å². The molecule has 7 heteroatoms. The molecule has 0 radical (unpaired) electrons. The maximum atomic E-state index is 12.7. The molecular weight excluding hydrogens is 332 g/mol. The Bertz CT molecular complexity index is 517. The third-order valence-electron chi connectivity index (χ3n) is 6.10. The molecule has 0 aromatic rings. The second-order valence-corrected chi connectivity index (χ2v) is 7.88. The van der Waals surface area contributed by atoms with Crippen molar-refractivity contribution in [1.29, 1.82) is 0 Å². The van der Waals surface area contributed by atoms with E-state index in [4.69, 9.17) is 0 Å². The standard InChI is InChI=1S/C19H32N4O3/c1-15(24)21-11-13-22(14-12-21)18(25)16-7-9-23(10-8-16)19(26)20-17-5-3-2-4-6-17/h16-17H,2-14H2,1H3,(H,20,26). The van der Waals surface area contributed by atoms with Crippen LogP contribution in [0.25, 0.3) is 0 Å². The smallest absolute Gasteiger partial charge is 0.317 e. The van der Waals surface area contributed by atoms with Crippen LogP contribution in [0.4, 0.5) is 4.79 Å². The molecule has 7 nitrogen and oxygen atoms in total. The Labute approximate surface area is 156 Å². The summed E-state index contributed by atoms with van der Waals surface area (Å²) < 4.78 is 0. The van der Waals surface area contributed by atoms with Crippen molar-refractivity contribution in [2.75, 3.05) is 39.3 Å².